The highest BCUT2D eigenvalue weighted by Crippen LogP contribution is 2.20. The van der Waals surface area contributed by atoms with E-state index in [-0.39, 0.29) is 11.8 Å². The van der Waals surface area contributed by atoms with Crippen LogP contribution in [0.5, 0.6) is 0 Å². The number of aromatic nitrogens is 1. The Labute approximate surface area is 185 Å². The summed E-state index contributed by atoms with van der Waals surface area (Å²) in [5.74, 6) is 0.395. The van der Waals surface area contributed by atoms with Gasteiger partial charge in [0.15, 0.2) is 5.78 Å². The molecular weight excluding hydrogens is 398 g/mol. The van der Waals surface area contributed by atoms with Gasteiger partial charge in [0, 0.05) is 30.8 Å². The van der Waals surface area contributed by atoms with Crippen molar-refractivity contribution in [3.05, 3.63) is 23.9 Å². The molecule has 1 aromatic heterocycles. The van der Waals surface area contributed by atoms with Crippen LogP contribution in [0.15, 0.2) is 18.3 Å². The van der Waals surface area contributed by atoms with E-state index in [2.05, 4.69) is 10.3 Å². The van der Waals surface area contributed by atoms with E-state index < -0.39 is 23.4 Å². The van der Waals surface area contributed by atoms with E-state index in [0.29, 0.717) is 37.2 Å². The Morgan fingerprint density at radius 1 is 1.00 bits per heavy atom. The van der Waals surface area contributed by atoms with E-state index in [1.165, 1.54) is 11.1 Å². The number of Topliss-reactive ketones (excluding diaryl/α,β-unsaturated/α-hetero) is 1. The van der Waals surface area contributed by atoms with Gasteiger partial charge in [-0.15, -0.1) is 0 Å². The fourth-order valence-electron chi connectivity index (χ4n) is 2.63. The second kappa shape index (κ2) is 11.1. The molecule has 0 saturated carbocycles. The van der Waals surface area contributed by atoms with E-state index in [0.717, 1.165) is 0 Å². The summed E-state index contributed by atoms with van der Waals surface area (Å²) < 4.78 is 10.6. The van der Waals surface area contributed by atoms with Gasteiger partial charge in [0.2, 0.25) is 0 Å². The smallest absolute Gasteiger partial charge is 0.416 e. The van der Waals surface area contributed by atoms with Crippen LogP contribution in [0.1, 0.15) is 85.0 Å². The molecule has 1 rings (SSSR count). The zero-order chi connectivity index (χ0) is 23.8. The summed E-state index contributed by atoms with van der Waals surface area (Å²) in [4.78, 5) is 42.3. The Kier molecular flexibility index (Phi) is 9.46. The molecule has 0 spiro atoms. The van der Waals surface area contributed by atoms with Crippen molar-refractivity contribution < 1.29 is 23.9 Å². The minimum Gasteiger partial charge on any atom is -0.444 e. The lowest BCUT2D eigenvalue weighted by Gasteiger charge is -2.29. The minimum absolute atomic E-state index is 0.0373. The molecule has 8 nitrogen and oxygen atoms in total. The van der Waals surface area contributed by atoms with Crippen molar-refractivity contribution >= 4 is 23.8 Å². The Bertz CT molecular complexity index is 746. The molecule has 0 aromatic carbocycles. The number of carbonyl (C=O) groups is 3. The number of ketones is 1. The first kappa shape index (κ1) is 26.4. The van der Waals surface area contributed by atoms with Gasteiger partial charge in [-0.25, -0.2) is 14.6 Å². The predicted molar refractivity (Wildman–Crippen MR) is 121 cm³/mol. The maximum atomic E-state index is 12.5. The summed E-state index contributed by atoms with van der Waals surface area (Å²) in [5, 5.41) is 2.68. The second-order valence-electron chi connectivity index (χ2n) is 9.66. The average molecular weight is 436 g/mol. The second-order valence-corrected chi connectivity index (χ2v) is 9.66. The Morgan fingerprint density at radius 2 is 1.61 bits per heavy atom. The fourth-order valence-corrected chi connectivity index (χ4v) is 2.63. The summed E-state index contributed by atoms with van der Waals surface area (Å²) in [7, 11) is 0. The van der Waals surface area contributed by atoms with Crippen LogP contribution in [0.3, 0.4) is 0 Å². The standard InChI is InChI=1S/C23H37N3O5/c1-16(2)26(21(29)31-23(6,7)8)19-13-12-17(15-25-19)18(27)11-9-10-14-24-20(28)30-22(3,4)5/h12-13,15-16H,9-11,14H2,1-8H3,(H,24,28). The third-order valence-electron chi connectivity index (χ3n) is 3.92. The number of ether oxygens (including phenoxy) is 2. The highest BCUT2D eigenvalue weighted by Gasteiger charge is 2.26. The number of anilines is 1. The number of hydrogen-bond acceptors (Lipinski definition) is 6. The lowest BCUT2D eigenvalue weighted by Crippen LogP contribution is -2.41. The van der Waals surface area contributed by atoms with E-state index >= 15 is 0 Å². The molecular formula is C23H37N3O5. The van der Waals surface area contributed by atoms with Crippen molar-refractivity contribution in [2.75, 3.05) is 11.4 Å². The summed E-state index contributed by atoms with van der Waals surface area (Å²) in [6.45, 7) is 15.0. The van der Waals surface area contributed by atoms with Crippen LogP contribution in [-0.4, -0.2) is 46.7 Å². The van der Waals surface area contributed by atoms with Crippen molar-refractivity contribution in [1.82, 2.24) is 10.3 Å². The SMILES string of the molecule is CC(C)N(C(=O)OC(C)(C)C)c1ccc(C(=O)CCCCNC(=O)OC(C)(C)C)cn1. The molecule has 0 fully saturated rings. The molecule has 0 atom stereocenters. The topological polar surface area (TPSA) is 97.8 Å². The molecule has 31 heavy (non-hydrogen) atoms. The summed E-state index contributed by atoms with van der Waals surface area (Å²) in [6.07, 6.45) is 2.18. The highest BCUT2D eigenvalue weighted by molar-refractivity contribution is 5.96. The number of pyridine rings is 1. The van der Waals surface area contributed by atoms with Crippen LogP contribution in [-0.2, 0) is 9.47 Å². The molecule has 1 N–H and O–H groups in total. The van der Waals surface area contributed by atoms with Gasteiger partial charge in [-0.3, -0.25) is 9.69 Å². The van der Waals surface area contributed by atoms with Crippen LogP contribution in [0.2, 0.25) is 0 Å². The Balaban J connectivity index is 2.57. The van der Waals surface area contributed by atoms with Gasteiger partial charge >= 0.3 is 12.2 Å². The Morgan fingerprint density at radius 3 is 2.10 bits per heavy atom. The first-order valence-electron chi connectivity index (χ1n) is 10.7. The van der Waals surface area contributed by atoms with Gasteiger partial charge in [0.25, 0.3) is 0 Å². The molecule has 8 heteroatoms. The zero-order valence-electron chi connectivity index (χ0n) is 20.1. The highest BCUT2D eigenvalue weighted by atomic mass is 16.6. The first-order chi connectivity index (χ1) is 14.2. The number of nitrogens with zero attached hydrogens (tertiary/aromatic N) is 2. The quantitative estimate of drug-likeness (QED) is 0.450. The van der Waals surface area contributed by atoms with Gasteiger partial charge in [-0.2, -0.15) is 0 Å². The van der Waals surface area contributed by atoms with E-state index in [9.17, 15) is 14.4 Å². The maximum absolute atomic E-state index is 12.5. The van der Waals surface area contributed by atoms with E-state index in [1.807, 2.05) is 34.6 Å². The molecule has 0 bridgehead atoms. The summed E-state index contributed by atoms with van der Waals surface area (Å²) >= 11 is 0. The number of carbonyl (C=O) groups excluding carboxylic acids is 3. The molecule has 0 radical (unpaired) electrons. The molecule has 1 aromatic rings. The van der Waals surface area contributed by atoms with Crippen molar-refractivity contribution in [3.8, 4) is 0 Å². The lowest BCUT2D eigenvalue weighted by molar-refractivity contribution is 0.0524. The normalized spacial score (nSPS) is 11.8. The van der Waals surface area contributed by atoms with Crippen molar-refractivity contribution in [1.29, 1.82) is 0 Å². The van der Waals surface area contributed by atoms with Gasteiger partial charge in [-0.1, -0.05) is 0 Å². The van der Waals surface area contributed by atoms with Gasteiger partial charge in [0.05, 0.1) is 0 Å². The fraction of sp³-hybridized carbons (Fsp3) is 0.652. The molecule has 2 amide bonds. The van der Waals surface area contributed by atoms with Crippen molar-refractivity contribution in [3.63, 3.8) is 0 Å². The molecule has 0 aliphatic carbocycles. The zero-order valence-corrected chi connectivity index (χ0v) is 20.1. The third kappa shape index (κ3) is 10.3. The maximum Gasteiger partial charge on any atom is 0.416 e. The molecule has 174 valence electrons. The number of amides is 2. The average Bonchev–Trinajstić information content (AvgIpc) is 2.58. The van der Waals surface area contributed by atoms with Gasteiger partial charge < -0.3 is 14.8 Å². The minimum atomic E-state index is -0.613. The largest absolute Gasteiger partial charge is 0.444 e. The number of hydrogen-bond donors (Lipinski definition) is 1. The van der Waals surface area contributed by atoms with Crippen molar-refractivity contribution in [2.24, 2.45) is 0 Å². The van der Waals surface area contributed by atoms with E-state index in [1.54, 1.807) is 32.9 Å². The number of alkyl carbamates (subject to hydrolysis) is 1. The van der Waals surface area contributed by atoms with Crippen LogP contribution in [0.4, 0.5) is 15.4 Å². The van der Waals surface area contributed by atoms with Crippen LogP contribution in [0, 0.1) is 0 Å². The summed E-state index contributed by atoms with van der Waals surface area (Å²) in [5.41, 5.74) is -0.663. The van der Waals surface area contributed by atoms with Gasteiger partial charge in [-0.05, 0) is 80.4 Å². The summed E-state index contributed by atoms with van der Waals surface area (Å²) in [6, 6.07) is 3.17. The molecule has 0 aliphatic heterocycles. The number of unbranched alkanes of at least 4 members (excludes halogenated alkanes) is 1. The lowest BCUT2D eigenvalue weighted by atomic mass is 10.1. The predicted octanol–water partition coefficient (Wildman–Crippen LogP) is 5.11. The van der Waals surface area contributed by atoms with Crippen LogP contribution >= 0.6 is 0 Å². The molecule has 0 aliphatic rings. The first-order valence-corrected chi connectivity index (χ1v) is 10.7. The Hall–Kier alpha value is -2.64. The number of nitrogens with one attached hydrogen (secondary N) is 1. The van der Waals surface area contributed by atoms with Crippen LogP contribution in [0.25, 0.3) is 0 Å². The molecule has 0 saturated heterocycles. The molecule has 1 heterocycles. The van der Waals surface area contributed by atoms with Crippen molar-refractivity contribution in [2.45, 2.75) is 91.9 Å². The third-order valence-corrected chi connectivity index (χ3v) is 3.92. The van der Waals surface area contributed by atoms with Crippen LogP contribution < -0.4 is 10.2 Å². The monoisotopic (exact) mass is 435 g/mol. The number of rotatable bonds is 8. The van der Waals surface area contributed by atoms with E-state index in [4.69, 9.17) is 9.47 Å². The van der Waals surface area contributed by atoms with Gasteiger partial charge in [0.1, 0.15) is 17.0 Å². The molecule has 0 unspecified atom stereocenters.